The fourth-order valence-electron chi connectivity index (χ4n) is 3.28. The first-order chi connectivity index (χ1) is 13.5. The lowest BCUT2D eigenvalue weighted by atomic mass is 9.95. The molecule has 0 fully saturated rings. The SMILES string of the molecule is CC(C)C(=C=CC[C@@H](O)c1ccc(O)c2ccccc12)C[C@@H](O)c1ccco1. The van der Waals surface area contributed by atoms with Crippen molar-refractivity contribution in [3.63, 3.8) is 0 Å². The quantitative estimate of drug-likeness (QED) is 0.480. The predicted octanol–water partition coefficient (Wildman–Crippen LogP) is 5.42. The molecule has 146 valence electrons. The molecule has 1 heterocycles. The van der Waals surface area contributed by atoms with Crippen molar-refractivity contribution < 1.29 is 19.7 Å². The maximum absolute atomic E-state index is 10.7. The summed E-state index contributed by atoms with van der Waals surface area (Å²) in [6, 6.07) is 14.4. The first-order valence-corrected chi connectivity index (χ1v) is 9.51. The largest absolute Gasteiger partial charge is 0.507 e. The van der Waals surface area contributed by atoms with Crippen molar-refractivity contribution in [1.82, 2.24) is 0 Å². The average Bonchev–Trinajstić information content (AvgIpc) is 3.22. The standard InChI is InChI=1S/C24H26O4/c1-16(2)17(15-23(27)24-11-6-14-28-24)7-5-10-21(25)20-12-13-22(26)19-9-4-3-8-18(19)20/h3-6,8-9,11-14,16,21,23,25-27H,10,15H2,1-2H3/t7?,21-,23-/m1/s1. The van der Waals surface area contributed by atoms with Crippen LogP contribution in [0.1, 0.15) is 50.2 Å². The van der Waals surface area contributed by atoms with Crippen LogP contribution < -0.4 is 0 Å². The minimum atomic E-state index is -0.709. The minimum absolute atomic E-state index is 0.205. The van der Waals surface area contributed by atoms with Gasteiger partial charge in [-0.05, 0) is 46.7 Å². The molecule has 3 rings (SSSR count). The van der Waals surface area contributed by atoms with Gasteiger partial charge < -0.3 is 19.7 Å². The van der Waals surface area contributed by atoms with Gasteiger partial charge in [0.1, 0.15) is 17.6 Å². The fraction of sp³-hybridized carbons (Fsp3) is 0.292. The maximum atomic E-state index is 10.7. The van der Waals surface area contributed by atoms with Gasteiger partial charge in [0.2, 0.25) is 0 Å². The van der Waals surface area contributed by atoms with Gasteiger partial charge in [0.15, 0.2) is 0 Å². The molecule has 0 spiro atoms. The third-order valence-corrected chi connectivity index (χ3v) is 4.90. The number of hydrogen-bond donors (Lipinski definition) is 3. The van der Waals surface area contributed by atoms with Crippen LogP contribution in [0.2, 0.25) is 0 Å². The second-order valence-electron chi connectivity index (χ2n) is 7.23. The third kappa shape index (κ3) is 4.55. The topological polar surface area (TPSA) is 73.8 Å². The summed E-state index contributed by atoms with van der Waals surface area (Å²) >= 11 is 0. The van der Waals surface area contributed by atoms with E-state index in [4.69, 9.17) is 4.42 Å². The van der Waals surface area contributed by atoms with E-state index in [1.54, 1.807) is 30.5 Å². The Bertz CT molecular complexity index is 979. The number of fused-ring (bicyclic) bond motifs is 1. The van der Waals surface area contributed by atoms with Crippen LogP contribution in [-0.4, -0.2) is 15.3 Å². The lowest BCUT2D eigenvalue weighted by Crippen LogP contribution is -2.02. The van der Waals surface area contributed by atoms with E-state index in [1.807, 2.05) is 30.3 Å². The highest BCUT2D eigenvalue weighted by Gasteiger charge is 2.15. The molecule has 0 amide bonds. The van der Waals surface area contributed by atoms with Crippen molar-refractivity contribution in [3.8, 4) is 5.75 Å². The van der Waals surface area contributed by atoms with Crippen LogP contribution in [0.3, 0.4) is 0 Å². The number of furan rings is 1. The van der Waals surface area contributed by atoms with Gasteiger partial charge in [-0.25, -0.2) is 0 Å². The van der Waals surface area contributed by atoms with Crippen molar-refractivity contribution in [2.75, 3.05) is 0 Å². The van der Waals surface area contributed by atoms with Crippen LogP contribution in [-0.2, 0) is 0 Å². The lowest BCUT2D eigenvalue weighted by molar-refractivity contribution is 0.147. The molecule has 2 atom stereocenters. The van der Waals surface area contributed by atoms with Crippen LogP contribution in [0, 0.1) is 5.92 Å². The molecule has 4 heteroatoms. The molecule has 0 radical (unpaired) electrons. The monoisotopic (exact) mass is 378 g/mol. The summed E-state index contributed by atoms with van der Waals surface area (Å²) in [5.74, 6) is 0.957. The molecule has 0 saturated carbocycles. The Morgan fingerprint density at radius 1 is 1.00 bits per heavy atom. The summed E-state index contributed by atoms with van der Waals surface area (Å²) in [6.07, 6.45) is 2.77. The smallest absolute Gasteiger partial charge is 0.132 e. The van der Waals surface area contributed by atoms with Gasteiger partial charge in [-0.2, -0.15) is 0 Å². The van der Waals surface area contributed by atoms with E-state index in [0.29, 0.717) is 18.6 Å². The summed E-state index contributed by atoms with van der Waals surface area (Å²) in [4.78, 5) is 0. The molecule has 3 N–H and O–H groups in total. The third-order valence-electron chi connectivity index (χ3n) is 4.90. The lowest BCUT2D eigenvalue weighted by Gasteiger charge is -2.14. The van der Waals surface area contributed by atoms with Gasteiger partial charge in [-0.3, -0.25) is 0 Å². The highest BCUT2D eigenvalue weighted by Crippen LogP contribution is 2.32. The second-order valence-corrected chi connectivity index (χ2v) is 7.23. The van der Waals surface area contributed by atoms with Crippen molar-refractivity contribution in [2.24, 2.45) is 5.92 Å². The number of aliphatic hydroxyl groups excluding tert-OH is 2. The molecule has 1 aromatic heterocycles. The normalized spacial score (nSPS) is 13.3. The first kappa shape index (κ1) is 20.0. The Balaban J connectivity index is 1.78. The van der Waals surface area contributed by atoms with Gasteiger partial charge >= 0.3 is 0 Å². The molecule has 4 nitrogen and oxygen atoms in total. The number of benzene rings is 2. The average molecular weight is 378 g/mol. The first-order valence-electron chi connectivity index (χ1n) is 9.51. The van der Waals surface area contributed by atoms with E-state index in [2.05, 4.69) is 19.6 Å². The zero-order valence-electron chi connectivity index (χ0n) is 16.2. The Morgan fingerprint density at radius 3 is 2.43 bits per heavy atom. The van der Waals surface area contributed by atoms with Crippen LogP contribution in [0.5, 0.6) is 5.75 Å². The van der Waals surface area contributed by atoms with E-state index in [-0.39, 0.29) is 11.7 Å². The number of aromatic hydroxyl groups is 1. The minimum Gasteiger partial charge on any atom is -0.507 e. The van der Waals surface area contributed by atoms with Gasteiger partial charge in [-0.15, -0.1) is 5.73 Å². The Hall–Kier alpha value is -2.78. The summed E-state index contributed by atoms with van der Waals surface area (Å²) in [7, 11) is 0. The number of hydrogen-bond acceptors (Lipinski definition) is 4. The molecule has 0 unspecified atom stereocenters. The molecule has 3 aromatic rings. The van der Waals surface area contributed by atoms with Crippen molar-refractivity contribution >= 4 is 10.8 Å². The number of rotatable bonds is 7. The van der Waals surface area contributed by atoms with Gasteiger partial charge in [0.05, 0.1) is 12.4 Å². The molecule has 28 heavy (non-hydrogen) atoms. The van der Waals surface area contributed by atoms with E-state index < -0.39 is 12.2 Å². The molecule has 0 aliphatic carbocycles. The Kier molecular flexibility index (Phi) is 6.37. The summed E-state index contributed by atoms with van der Waals surface area (Å²) < 4.78 is 5.27. The van der Waals surface area contributed by atoms with Crippen molar-refractivity contribution in [1.29, 1.82) is 0 Å². The molecular formula is C24H26O4. The molecule has 0 aliphatic heterocycles. The van der Waals surface area contributed by atoms with Gasteiger partial charge in [-0.1, -0.05) is 44.2 Å². The van der Waals surface area contributed by atoms with E-state index in [0.717, 1.165) is 21.9 Å². The van der Waals surface area contributed by atoms with Crippen LogP contribution in [0.4, 0.5) is 0 Å². The van der Waals surface area contributed by atoms with Crippen molar-refractivity contribution in [2.45, 2.75) is 38.9 Å². The molecule has 0 bridgehead atoms. The van der Waals surface area contributed by atoms with E-state index >= 15 is 0 Å². The number of phenols is 1. The molecule has 2 aromatic carbocycles. The molecular weight excluding hydrogens is 352 g/mol. The van der Waals surface area contributed by atoms with Crippen LogP contribution in [0.25, 0.3) is 10.8 Å². The summed E-state index contributed by atoms with van der Waals surface area (Å²) in [5, 5.41) is 32.6. The summed E-state index contributed by atoms with van der Waals surface area (Å²) in [6.45, 7) is 4.10. The van der Waals surface area contributed by atoms with E-state index in [9.17, 15) is 15.3 Å². The highest BCUT2D eigenvalue weighted by molar-refractivity contribution is 5.91. The summed E-state index contributed by atoms with van der Waals surface area (Å²) in [5.41, 5.74) is 4.99. The van der Waals surface area contributed by atoms with E-state index in [1.165, 1.54) is 0 Å². The van der Waals surface area contributed by atoms with Gasteiger partial charge in [0.25, 0.3) is 0 Å². The van der Waals surface area contributed by atoms with Gasteiger partial charge in [0, 0.05) is 18.2 Å². The second kappa shape index (κ2) is 8.94. The highest BCUT2D eigenvalue weighted by atomic mass is 16.4. The fourth-order valence-corrected chi connectivity index (χ4v) is 3.28. The van der Waals surface area contributed by atoms with Crippen LogP contribution >= 0.6 is 0 Å². The Labute approximate surface area is 165 Å². The number of phenolic OH excluding ortho intramolecular Hbond substituents is 1. The van der Waals surface area contributed by atoms with Crippen molar-refractivity contribution in [3.05, 3.63) is 83.5 Å². The molecule has 0 aliphatic rings. The zero-order valence-corrected chi connectivity index (χ0v) is 16.2. The zero-order chi connectivity index (χ0) is 20.1. The number of aliphatic hydroxyl groups is 2. The Morgan fingerprint density at radius 2 is 1.75 bits per heavy atom. The maximum Gasteiger partial charge on any atom is 0.132 e. The van der Waals surface area contributed by atoms with Crippen LogP contribution in [0.15, 0.2) is 76.6 Å². The molecule has 0 saturated heterocycles. The predicted molar refractivity (Wildman–Crippen MR) is 110 cm³/mol.